The molecular weight excluding hydrogens is 504 g/mol. The second kappa shape index (κ2) is 9.59. The molecule has 1 heterocycles. The second-order valence-electron chi connectivity index (χ2n) is 12.4. The summed E-state index contributed by atoms with van der Waals surface area (Å²) in [7, 11) is -2.12. The van der Waals surface area contributed by atoms with Crippen LogP contribution in [-0.2, 0) is 0 Å². The van der Waals surface area contributed by atoms with Gasteiger partial charge in [0, 0.05) is 17.4 Å². The molecule has 0 radical (unpaired) electrons. The van der Waals surface area contributed by atoms with Crippen molar-refractivity contribution in [1.29, 1.82) is 10.7 Å². The number of hydrogen-bond acceptors (Lipinski definition) is 3. The van der Waals surface area contributed by atoms with Gasteiger partial charge in [0.15, 0.2) is 0 Å². The lowest BCUT2D eigenvalue weighted by Gasteiger charge is -2.50. The normalized spacial score (nSPS) is 26.7. The van der Waals surface area contributed by atoms with Crippen LogP contribution in [0.3, 0.4) is 0 Å². The maximum absolute atomic E-state index is 9.86. The van der Waals surface area contributed by atoms with Crippen LogP contribution in [0.4, 0.5) is 0 Å². The van der Waals surface area contributed by atoms with Gasteiger partial charge in [0.25, 0.3) is 0 Å². The van der Waals surface area contributed by atoms with Crippen LogP contribution in [0.25, 0.3) is 5.57 Å². The van der Waals surface area contributed by atoms with Crippen molar-refractivity contribution in [3.8, 4) is 6.07 Å². The molecule has 40 heavy (non-hydrogen) atoms. The fourth-order valence-corrected chi connectivity index (χ4v) is 7.64. The first-order chi connectivity index (χ1) is 19.1. The number of benzene rings is 3. The molecule has 0 saturated heterocycles. The number of nitrogens with one attached hydrogen (secondary N) is 2. The maximum Gasteiger partial charge on any atom is 0.122 e. The molecule has 6 rings (SSSR count). The largest absolute Gasteiger partial charge is 0.337 e. The smallest absolute Gasteiger partial charge is 0.122 e. The zero-order chi connectivity index (χ0) is 28.2. The predicted molar refractivity (Wildman–Crippen MR) is 167 cm³/mol. The summed E-state index contributed by atoms with van der Waals surface area (Å²) in [5.74, 6) is 0.255. The summed E-state index contributed by atoms with van der Waals surface area (Å²) in [6.45, 7) is 13.4. The first kappa shape index (κ1) is 26.3. The lowest BCUT2D eigenvalue weighted by Crippen LogP contribution is -2.59. The van der Waals surface area contributed by atoms with Crippen LogP contribution in [0, 0.1) is 16.7 Å². The highest BCUT2D eigenvalue weighted by Crippen LogP contribution is 2.61. The highest BCUT2D eigenvalue weighted by molar-refractivity contribution is 7.03. The molecular formula is C35H36N4Si. The molecule has 0 aromatic heterocycles. The number of hydrogen-bond donors (Lipinski definition) is 2. The zero-order valence-electron chi connectivity index (χ0n) is 23.6. The molecule has 200 valence electrons. The van der Waals surface area contributed by atoms with Crippen LogP contribution in [0.1, 0.15) is 52.7 Å². The quantitative estimate of drug-likeness (QED) is 0.152. The van der Waals surface area contributed by atoms with Crippen LogP contribution < -0.4 is 5.32 Å². The standard InChI is InChI=1S/C35H36N4Si/c1-23-31-29-20-19-24(22-36)21-30(29)33(38-35(23,31)2)39(34(37)40(3,4)5)32-27(25-13-8-6-9-14-25)17-12-18-28(32)26-15-10-7-11-16-26/h6-21,27,31-33,37-38H,1H2,2-5H3. The molecule has 0 bridgehead atoms. The molecule has 2 N–H and O–H groups in total. The van der Waals surface area contributed by atoms with Gasteiger partial charge < -0.3 is 4.90 Å². The van der Waals surface area contributed by atoms with Gasteiger partial charge in [-0.2, -0.15) is 5.26 Å². The maximum atomic E-state index is 9.86. The van der Waals surface area contributed by atoms with Crippen LogP contribution in [0.5, 0.6) is 0 Å². The highest BCUT2D eigenvalue weighted by atomic mass is 28.3. The molecule has 5 heteroatoms. The Morgan fingerprint density at radius 3 is 2.33 bits per heavy atom. The van der Waals surface area contributed by atoms with Gasteiger partial charge in [-0.3, -0.25) is 10.7 Å². The number of fused-ring (bicyclic) bond motifs is 3. The fraction of sp³-hybridized carbons (Fsp3) is 0.257. The van der Waals surface area contributed by atoms with Crippen LogP contribution in [-0.4, -0.2) is 30.0 Å². The molecule has 5 unspecified atom stereocenters. The van der Waals surface area contributed by atoms with Gasteiger partial charge in [0.05, 0.1) is 23.1 Å². The molecule has 3 aliphatic rings. The van der Waals surface area contributed by atoms with Crippen molar-refractivity contribution < 1.29 is 0 Å². The van der Waals surface area contributed by atoms with Crippen molar-refractivity contribution in [2.75, 3.05) is 0 Å². The highest BCUT2D eigenvalue weighted by Gasteiger charge is 2.61. The fourth-order valence-electron chi connectivity index (χ4n) is 6.59. The van der Waals surface area contributed by atoms with E-state index in [0.29, 0.717) is 11.0 Å². The molecule has 5 atom stereocenters. The van der Waals surface area contributed by atoms with Crippen molar-refractivity contribution in [1.82, 2.24) is 10.2 Å². The van der Waals surface area contributed by atoms with Crippen LogP contribution in [0.15, 0.2) is 109 Å². The molecule has 4 nitrogen and oxygen atoms in total. The molecule has 2 aliphatic carbocycles. The Kier molecular flexibility index (Phi) is 6.29. The van der Waals surface area contributed by atoms with Crippen LogP contribution >= 0.6 is 0 Å². The third kappa shape index (κ3) is 4.20. The third-order valence-corrected chi connectivity index (χ3v) is 10.5. The van der Waals surface area contributed by atoms with Crippen molar-refractivity contribution in [2.24, 2.45) is 0 Å². The van der Waals surface area contributed by atoms with E-state index in [1.54, 1.807) is 0 Å². The number of nitriles is 1. The van der Waals surface area contributed by atoms with Gasteiger partial charge in [-0.05, 0) is 52.5 Å². The molecule has 3 aromatic carbocycles. The minimum absolute atomic E-state index is 0.0374. The minimum atomic E-state index is -2.12. The average molecular weight is 541 g/mol. The van der Waals surface area contributed by atoms with Gasteiger partial charge >= 0.3 is 0 Å². The predicted octanol–water partition coefficient (Wildman–Crippen LogP) is 7.53. The van der Waals surface area contributed by atoms with Crippen molar-refractivity contribution in [3.05, 3.63) is 137 Å². The summed E-state index contributed by atoms with van der Waals surface area (Å²) in [5, 5.41) is 23.6. The first-order valence-corrected chi connectivity index (χ1v) is 17.5. The SMILES string of the molecule is C=C1C2c3ccc(C#N)cc3C(N(C(=N)[Si](C)(C)C)C3C(c4ccccc4)=CC=CC3c3ccccc3)NC12C. The van der Waals surface area contributed by atoms with E-state index in [-0.39, 0.29) is 29.6 Å². The first-order valence-electron chi connectivity index (χ1n) is 14.0. The van der Waals surface area contributed by atoms with Gasteiger partial charge in [-0.25, -0.2) is 0 Å². The lowest BCUT2D eigenvalue weighted by molar-refractivity contribution is 0.197. The van der Waals surface area contributed by atoms with E-state index in [9.17, 15) is 10.7 Å². The van der Waals surface area contributed by atoms with Crippen molar-refractivity contribution in [3.63, 3.8) is 0 Å². The van der Waals surface area contributed by atoms with Crippen LogP contribution in [0.2, 0.25) is 19.6 Å². The Morgan fingerprint density at radius 1 is 1.00 bits per heavy atom. The average Bonchev–Trinajstić information content (AvgIpc) is 3.52. The summed E-state index contributed by atoms with van der Waals surface area (Å²) < 4.78 is 0. The Balaban J connectivity index is 1.60. The van der Waals surface area contributed by atoms with E-state index in [2.05, 4.69) is 134 Å². The molecule has 0 spiro atoms. The molecule has 1 fully saturated rings. The Labute approximate surface area is 238 Å². The second-order valence-corrected chi connectivity index (χ2v) is 17.4. The Hall–Kier alpha value is -3.98. The number of nitrogens with zero attached hydrogens (tertiary/aromatic N) is 2. The number of amidine groups is 1. The summed E-state index contributed by atoms with van der Waals surface area (Å²) in [5.41, 5.74) is 8.13. The van der Waals surface area contributed by atoms with E-state index >= 15 is 0 Å². The summed E-state index contributed by atoms with van der Waals surface area (Å²) in [6.07, 6.45) is 6.40. The summed E-state index contributed by atoms with van der Waals surface area (Å²) in [6, 6.07) is 29.5. The molecule has 0 amide bonds. The van der Waals surface area contributed by atoms with E-state index in [0.717, 1.165) is 11.1 Å². The zero-order valence-corrected chi connectivity index (χ0v) is 24.6. The number of rotatable bonds is 5. The van der Waals surface area contributed by atoms with E-state index in [1.165, 1.54) is 22.3 Å². The third-order valence-electron chi connectivity index (χ3n) is 8.86. The summed E-state index contributed by atoms with van der Waals surface area (Å²) in [4.78, 5) is 2.36. The van der Waals surface area contributed by atoms with Crippen molar-refractivity contribution >= 4 is 19.1 Å². The Morgan fingerprint density at radius 2 is 1.68 bits per heavy atom. The van der Waals surface area contributed by atoms with E-state index in [1.807, 2.05) is 12.1 Å². The number of allylic oxidation sites excluding steroid dienone is 2. The van der Waals surface area contributed by atoms with E-state index in [4.69, 9.17) is 0 Å². The van der Waals surface area contributed by atoms with Gasteiger partial charge in [-0.15, -0.1) is 0 Å². The summed E-state index contributed by atoms with van der Waals surface area (Å²) >= 11 is 0. The topological polar surface area (TPSA) is 62.9 Å². The Bertz CT molecular complexity index is 1590. The van der Waals surface area contributed by atoms with Gasteiger partial charge in [-0.1, -0.05) is 111 Å². The monoisotopic (exact) mass is 540 g/mol. The molecule has 3 aromatic rings. The van der Waals surface area contributed by atoms with Crippen molar-refractivity contribution in [2.45, 2.75) is 56.1 Å². The van der Waals surface area contributed by atoms with Gasteiger partial charge in [0.2, 0.25) is 0 Å². The lowest BCUT2D eigenvalue weighted by atomic mass is 9.79. The molecule has 1 saturated carbocycles. The minimum Gasteiger partial charge on any atom is -0.337 e. The van der Waals surface area contributed by atoms with Gasteiger partial charge in [0.1, 0.15) is 14.2 Å². The molecule has 1 aliphatic heterocycles. The van der Waals surface area contributed by atoms with E-state index < -0.39 is 8.07 Å².